The normalized spacial score (nSPS) is 11.4. The molecular weight excluding hydrogens is 362 g/mol. The van der Waals surface area contributed by atoms with Crippen LogP contribution >= 0.6 is 11.3 Å². The first-order valence-electron chi connectivity index (χ1n) is 8.68. The molecule has 0 fully saturated rings. The lowest BCUT2D eigenvalue weighted by Gasteiger charge is -2.00. The number of carbonyl (C=O) groups excluding carboxylic acids is 1. The van der Waals surface area contributed by atoms with E-state index < -0.39 is 0 Å². The van der Waals surface area contributed by atoms with Crippen LogP contribution in [0.3, 0.4) is 0 Å². The van der Waals surface area contributed by atoms with Gasteiger partial charge in [0.1, 0.15) is 0 Å². The van der Waals surface area contributed by atoms with Crippen LogP contribution in [0.4, 0.5) is 0 Å². The predicted octanol–water partition coefficient (Wildman–Crippen LogP) is 3.58. The van der Waals surface area contributed by atoms with Gasteiger partial charge in [-0.15, -0.1) is 11.3 Å². The maximum atomic E-state index is 12.3. The fraction of sp³-hybridized carbons (Fsp3) is 0.263. The fourth-order valence-electron chi connectivity index (χ4n) is 2.73. The highest BCUT2D eigenvalue weighted by Crippen LogP contribution is 2.19. The predicted molar refractivity (Wildman–Crippen MR) is 103 cm³/mol. The summed E-state index contributed by atoms with van der Waals surface area (Å²) in [4.78, 5) is 21.2. The number of imidazole rings is 1. The third kappa shape index (κ3) is 3.75. The Bertz CT molecular complexity index is 1080. The van der Waals surface area contributed by atoms with Crippen LogP contribution in [0.1, 0.15) is 46.7 Å². The monoisotopic (exact) mass is 381 g/mol. The van der Waals surface area contributed by atoms with Crippen LogP contribution in [0.5, 0.6) is 0 Å². The molecule has 3 aromatic heterocycles. The maximum Gasteiger partial charge on any atom is 0.273 e. The van der Waals surface area contributed by atoms with E-state index in [1.165, 1.54) is 0 Å². The van der Waals surface area contributed by atoms with Crippen molar-refractivity contribution in [3.63, 3.8) is 0 Å². The quantitative estimate of drug-likeness (QED) is 0.552. The van der Waals surface area contributed by atoms with Gasteiger partial charge in [0, 0.05) is 17.4 Å². The summed E-state index contributed by atoms with van der Waals surface area (Å²) in [5.74, 6) is 0.704. The molecule has 1 aromatic carbocycles. The van der Waals surface area contributed by atoms with E-state index in [2.05, 4.69) is 34.3 Å². The van der Waals surface area contributed by atoms with Gasteiger partial charge in [-0.25, -0.2) is 9.97 Å². The van der Waals surface area contributed by atoms with Crippen molar-refractivity contribution in [3.8, 4) is 0 Å². The van der Waals surface area contributed by atoms with Gasteiger partial charge in [-0.3, -0.25) is 4.79 Å². The number of nitrogens with one attached hydrogen (secondary N) is 1. The van der Waals surface area contributed by atoms with Crippen LogP contribution < -0.4 is 5.32 Å². The summed E-state index contributed by atoms with van der Waals surface area (Å²) in [5, 5.41) is 9.75. The molecule has 7 nitrogen and oxygen atoms in total. The van der Waals surface area contributed by atoms with Gasteiger partial charge >= 0.3 is 0 Å². The van der Waals surface area contributed by atoms with Gasteiger partial charge in [0.25, 0.3) is 5.91 Å². The largest absolute Gasteiger partial charge is 0.359 e. The van der Waals surface area contributed by atoms with Crippen LogP contribution in [0.25, 0.3) is 11.0 Å². The van der Waals surface area contributed by atoms with E-state index in [0.717, 1.165) is 21.7 Å². The molecule has 4 aromatic rings. The zero-order chi connectivity index (χ0) is 18.8. The Labute approximate surface area is 160 Å². The molecule has 0 unspecified atom stereocenters. The SMILES string of the molecule is CC(C)c1nc(CNC(=O)c2cc(Cn3cnc4ccccc43)on2)cs1. The third-order valence-corrected chi connectivity index (χ3v) is 5.33. The van der Waals surface area contributed by atoms with Gasteiger partial charge in [0.05, 0.1) is 41.2 Å². The molecule has 0 atom stereocenters. The minimum absolute atomic E-state index is 0.258. The highest BCUT2D eigenvalue weighted by molar-refractivity contribution is 7.09. The minimum atomic E-state index is -0.278. The minimum Gasteiger partial charge on any atom is -0.359 e. The summed E-state index contributed by atoms with van der Waals surface area (Å²) in [5.41, 5.74) is 3.03. The van der Waals surface area contributed by atoms with Gasteiger partial charge in [-0.05, 0) is 12.1 Å². The molecule has 4 rings (SSSR count). The number of fused-ring (bicyclic) bond motifs is 1. The average Bonchev–Trinajstić information content (AvgIpc) is 3.40. The first-order chi connectivity index (χ1) is 13.1. The second kappa shape index (κ2) is 7.32. The Kier molecular flexibility index (Phi) is 4.72. The zero-order valence-electron chi connectivity index (χ0n) is 15.0. The molecular formula is C19H19N5O2S. The van der Waals surface area contributed by atoms with Gasteiger partial charge in [0.15, 0.2) is 11.5 Å². The summed E-state index contributed by atoms with van der Waals surface area (Å²) >= 11 is 1.61. The number of hydrogen-bond donors (Lipinski definition) is 1. The second-order valence-corrected chi connectivity index (χ2v) is 7.44. The van der Waals surface area contributed by atoms with E-state index >= 15 is 0 Å². The molecule has 0 aliphatic heterocycles. The van der Waals surface area contributed by atoms with Gasteiger partial charge in [-0.2, -0.15) is 0 Å². The van der Waals surface area contributed by atoms with E-state index in [1.807, 2.05) is 34.2 Å². The van der Waals surface area contributed by atoms with Gasteiger partial charge < -0.3 is 14.4 Å². The van der Waals surface area contributed by atoms with Crippen LogP contribution in [-0.4, -0.2) is 25.6 Å². The Hall–Kier alpha value is -3.00. The van der Waals surface area contributed by atoms with Crippen molar-refractivity contribution in [1.82, 2.24) is 25.0 Å². The molecule has 3 heterocycles. The third-order valence-electron chi connectivity index (χ3n) is 4.14. The Balaban J connectivity index is 1.40. The summed E-state index contributed by atoms with van der Waals surface area (Å²) in [7, 11) is 0. The van der Waals surface area contributed by atoms with E-state index in [-0.39, 0.29) is 11.6 Å². The van der Waals surface area contributed by atoms with Gasteiger partial charge in [0.2, 0.25) is 0 Å². The lowest BCUT2D eigenvalue weighted by atomic mass is 10.2. The lowest BCUT2D eigenvalue weighted by Crippen LogP contribution is -2.23. The first-order valence-corrected chi connectivity index (χ1v) is 9.56. The topological polar surface area (TPSA) is 85.8 Å². The highest BCUT2D eigenvalue weighted by Gasteiger charge is 2.14. The molecule has 0 saturated carbocycles. The number of rotatable bonds is 6. The first kappa shape index (κ1) is 17.4. The van der Waals surface area contributed by atoms with Crippen LogP contribution in [-0.2, 0) is 13.1 Å². The van der Waals surface area contributed by atoms with Crippen LogP contribution in [0.15, 0.2) is 46.6 Å². The Morgan fingerprint density at radius 2 is 2.19 bits per heavy atom. The number of benzene rings is 1. The molecule has 0 saturated heterocycles. The molecule has 1 amide bonds. The molecule has 0 bridgehead atoms. The van der Waals surface area contributed by atoms with E-state index in [1.54, 1.807) is 23.7 Å². The van der Waals surface area contributed by atoms with Gasteiger partial charge in [-0.1, -0.05) is 31.1 Å². The number of para-hydroxylation sites is 2. The molecule has 0 spiro atoms. The molecule has 138 valence electrons. The lowest BCUT2D eigenvalue weighted by molar-refractivity contribution is 0.0941. The van der Waals surface area contributed by atoms with Crippen molar-refractivity contribution < 1.29 is 9.32 Å². The Morgan fingerprint density at radius 1 is 1.33 bits per heavy atom. The van der Waals surface area contributed by atoms with E-state index in [9.17, 15) is 4.79 Å². The standard InChI is InChI=1S/C19H19N5O2S/c1-12(2)19-22-13(10-27-19)8-20-18(25)16-7-14(26-23-16)9-24-11-21-15-5-3-4-6-17(15)24/h3-7,10-12H,8-9H2,1-2H3,(H,20,25). The van der Waals surface area contributed by atoms with Crippen molar-refractivity contribution in [2.24, 2.45) is 0 Å². The van der Waals surface area contributed by atoms with E-state index in [0.29, 0.717) is 24.8 Å². The van der Waals surface area contributed by atoms with E-state index in [4.69, 9.17) is 4.52 Å². The number of hydrogen-bond acceptors (Lipinski definition) is 6. The molecule has 8 heteroatoms. The number of carbonyl (C=O) groups is 1. The summed E-state index contributed by atoms with van der Waals surface area (Å²) in [6.07, 6.45) is 1.75. The Morgan fingerprint density at radius 3 is 3.00 bits per heavy atom. The molecule has 1 N–H and O–H groups in total. The number of amides is 1. The number of aromatic nitrogens is 4. The second-order valence-electron chi connectivity index (χ2n) is 6.55. The molecule has 0 aliphatic carbocycles. The smallest absolute Gasteiger partial charge is 0.273 e. The molecule has 0 aliphatic rings. The van der Waals surface area contributed by atoms with Crippen molar-refractivity contribution in [3.05, 3.63) is 64.2 Å². The van der Waals surface area contributed by atoms with Crippen LogP contribution in [0.2, 0.25) is 0 Å². The zero-order valence-corrected chi connectivity index (χ0v) is 15.9. The van der Waals surface area contributed by atoms with Crippen molar-refractivity contribution >= 4 is 28.3 Å². The fourth-order valence-corrected chi connectivity index (χ4v) is 3.56. The van der Waals surface area contributed by atoms with Crippen LogP contribution in [0, 0.1) is 0 Å². The van der Waals surface area contributed by atoms with Crippen molar-refractivity contribution in [1.29, 1.82) is 0 Å². The average molecular weight is 381 g/mol. The molecule has 0 radical (unpaired) electrons. The summed E-state index contributed by atoms with van der Waals surface area (Å²) in [6.45, 7) is 5.03. The summed E-state index contributed by atoms with van der Waals surface area (Å²) in [6, 6.07) is 9.51. The van der Waals surface area contributed by atoms with Crippen molar-refractivity contribution in [2.75, 3.05) is 0 Å². The molecule has 27 heavy (non-hydrogen) atoms. The number of nitrogens with zero attached hydrogens (tertiary/aromatic N) is 4. The maximum absolute atomic E-state index is 12.3. The number of thiazole rings is 1. The van der Waals surface area contributed by atoms with Crippen molar-refractivity contribution in [2.45, 2.75) is 32.9 Å². The highest BCUT2D eigenvalue weighted by atomic mass is 32.1. The summed E-state index contributed by atoms with van der Waals surface area (Å²) < 4.78 is 7.28.